The van der Waals surface area contributed by atoms with Gasteiger partial charge in [-0.3, -0.25) is 23.7 Å². The van der Waals surface area contributed by atoms with E-state index in [1.807, 2.05) is 94.7 Å². The summed E-state index contributed by atoms with van der Waals surface area (Å²) in [5, 5.41) is 6.89. The van der Waals surface area contributed by atoms with Gasteiger partial charge in [0, 0.05) is 103 Å². The number of pyridine rings is 1. The minimum absolute atomic E-state index is 0.0114. The summed E-state index contributed by atoms with van der Waals surface area (Å²) < 4.78 is 2.63. The van der Waals surface area contributed by atoms with Gasteiger partial charge in [0.2, 0.25) is 17.8 Å². The van der Waals surface area contributed by atoms with E-state index in [-0.39, 0.29) is 28.9 Å². The fourth-order valence-corrected chi connectivity index (χ4v) is 9.40. The molecule has 8 aromatic rings. The lowest BCUT2D eigenvalue weighted by Crippen LogP contribution is -2.34. The van der Waals surface area contributed by atoms with Crippen molar-refractivity contribution >= 4 is 68.6 Å². The van der Waals surface area contributed by atoms with Gasteiger partial charge in [-0.1, -0.05) is 64.1 Å². The second kappa shape index (κ2) is 23.3. The minimum atomic E-state index is -0.290. The molecular formula is C59H59N13O4. The average Bonchev–Trinajstić information content (AvgIpc) is 3.72. The standard InChI is InChI=1S/C30H30N6O2.C29H29N7O2/c1-3-13-35(14-4-2)28(37)24-17-23-7-6-21(18-26(23)34-27(31)19-24)20-8-9-25-22(16-20)10-15-36(29(25)38)30-32-11-5-12-33-30;1-3-12-35(13-4-2)27(37)22-15-21-7-6-20(16-25(21)34-26(30)17-22)19-8-9-24-23(14-19)18-33-36(28(24)38)29-31-10-5-11-32-29/h5-12,15-18H,3-4,13-14,19H2,1-2H3,(H2,31,34);5-11,14-16,18H,3-4,12-13,17H2,1-2H3,(H2,30,34). The zero-order chi connectivity index (χ0) is 53.3. The van der Waals surface area contributed by atoms with Crippen LogP contribution in [-0.2, 0) is 9.59 Å². The number of amidine groups is 2. The number of benzene rings is 4. The Kier molecular flexibility index (Phi) is 15.8. The van der Waals surface area contributed by atoms with Crippen LogP contribution in [0.1, 0.15) is 77.3 Å². The van der Waals surface area contributed by atoms with Crippen LogP contribution in [0.4, 0.5) is 11.4 Å². The van der Waals surface area contributed by atoms with Crippen molar-refractivity contribution < 1.29 is 9.59 Å². The van der Waals surface area contributed by atoms with E-state index < -0.39 is 0 Å². The molecule has 10 rings (SSSR count). The Morgan fingerprint density at radius 3 is 1.46 bits per heavy atom. The molecule has 4 N–H and O–H groups in total. The van der Waals surface area contributed by atoms with E-state index in [1.165, 1.54) is 9.25 Å². The molecule has 384 valence electrons. The highest BCUT2D eigenvalue weighted by molar-refractivity contribution is 6.07. The third-order valence-corrected chi connectivity index (χ3v) is 13.0. The molecule has 0 saturated carbocycles. The van der Waals surface area contributed by atoms with E-state index >= 15 is 0 Å². The van der Waals surface area contributed by atoms with Crippen molar-refractivity contribution in [2.24, 2.45) is 21.5 Å². The number of carbonyl (C=O) groups is 2. The summed E-state index contributed by atoms with van der Waals surface area (Å²) in [7, 11) is 0. The fraction of sp³-hybridized carbons (Fsp3) is 0.237. The molecule has 2 aliphatic heterocycles. The van der Waals surface area contributed by atoms with Crippen molar-refractivity contribution in [2.75, 3.05) is 26.2 Å². The molecule has 0 fully saturated rings. The molecule has 0 radical (unpaired) electrons. The highest BCUT2D eigenvalue weighted by Crippen LogP contribution is 2.35. The van der Waals surface area contributed by atoms with E-state index in [0.717, 1.165) is 83.2 Å². The number of hydrogen-bond acceptors (Lipinski definition) is 13. The van der Waals surface area contributed by atoms with Crippen molar-refractivity contribution in [3.8, 4) is 34.2 Å². The van der Waals surface area contributed by atoms with Gasteiger partial charge in [0.25, 0.3) is 17.1 Å². The van der Waals surface area contributed by atoms with Crippen molar-refractivity contribution in [3.63, 3.8) is 0 Å². The smallest absolute Gasteiger partial charge is 0.282 e. The van der Waals surface area contributed by atoms with Crippen LogP contribution in [0, 0.1) is 0 Å². The monoisotopic (exact) mass is 1010 g/mol. The maximum absolute atomic E-state index is 13.3. The fourth-order valence-electron chi connectivity index (χ4n) is 9.40. The van der Waals surface area contributed by atoms with Gasteiger partial charge in [-0.2, -0.15) is 9.78 Å². The molecule has 4 aromatic heterocycles. The predicted octanol–water partition coefficient (Wildman–Crippen LogP) is 9.14. The summed E-state index contributed by atoms with van der Waals surface area (Å²) in [6.07, 6.45) is 17.7. The van der Waals surface area contributed by atoms with Crippen LogP contribution < -0.4 is 22.6 Å². The van der Waals surface area contributed by atoms with Crippen molar-refractivity contribution in [2.45, 2.75) is 66.2 Å². The van der Waals surface area contributed by atoms with Gasteiger partial charge in [-0.15, -0.1) is 0 Å². The molecule has 0 aliphatic carbocycles. The van der Waals surface area contributed by atoms with Crippen molar-refractivity contribution in [1.29, 1.82) is 0 Å². The van der Waals surface area contributed by atoms with E-state index in [4.69, 9.17) is 11.5 Å². The Balaban J connectivity index is 0.000000186. The number of nitrogens with two attached hydrogens (primary N) is 2. The highest BCUT2D eigenvalue weighted by Gasteiger charge is 2.23. The minimum Gasteiger partial charge on any atom is -0.387 e. The summed E-state index contributed by atoms with van der Waals surface area (Å²) in [6, 6.07) is 28.4. The lowest BCUT2D eigenvalue weighted by atomic mass is 9.99. The first-order valence-electron chi connectivity index (χ1n) is 25.6. The third-order valence-electron chi connectivity index (χ3n) is 13.0. The summed E-state index contributed by atoms with van der Waals surface area (Å²) in [5.74, 6) is 1.41. The quantitative estimate of drug-likeness (QED) is 0.104. The molecule has 0 bridgehead atoms. The van der Waals surface area contributed by atoms with Crippen LogP contribution in [0.25, 0.3) is 67.8 Å². The second-order valence-corrected chi connectivity index (χ2v) is 18.6. The number of nitrogens with zero attached hydrogens (tertiary/aromatic N) is 11. The number of rotatable bonds is 14. The first-order valence-corrected chi connectivity index (χ1v) is 25.6. The molecule has 6 heterocycles. The van der Waals surface area contributed by atoms with Crippen LogP contribution in [0.15, 0.2) is 159 Å². The summed E-state index contributed by atoms with van der Waals surface area (Å²) in [5.41, 5.74) is 20.2. The van der Waals surface area contributed by atoms with Crippen LogP contribution in [0.5, 0.6) is 0 Å². The lowest BCUT2D eigenvalue weighted by molar-refractivity contribution is -0.128. The molecular weight excluding hydrogens is 955 g/mol. The van der Waals surface area contributed by atoms with E-state index in [0.29, 0.717) is 76.5 Å². The maximum Gasteiger partial charge on any atom is 0.282 e. The normalized spacial score (nSPS) is 12.9. The number of aliphatic imine (C=N–C) groups is 2. The molecule has 2 aliphatic rings. The second-order valence-electron chi connectivity index (χ2n) is 18.6. The summed E-state index contributed by atoms with van der Waals surface area (Å²) in [4.78, 5) is 82.2. The number of hydrogen-bond donors (Lipinski definition) is 2. The molecule has 2 amide bonds. The van der Waals surface area contributed by atoms with Crippen molar-refractivity contribution in [1.82, 2.24) is 44.1 Å². The van der Waals surface area contributed by atoms with E-state index in [2.05, 4.69) is 62.7 Å². The van der Waals surface area contributed by atoms with Gasteiger partial charge in [0.05, 0.1) is 23.0 Å². The Hall–Kier alpha value is -9.25. The third kappa shape index (κ3) is 11.3. The topological polar surface area (TPSA) is 226 Å². The van der Waals surface area contributed by atoms with Crippen molar-refractivity contribution in [3.05, 3.63) is 171 Å². The van der Waals surface area contributed by atoms with Crippen LogP contribution in [0.3, 0.4) is 0 Å². The molecule has 0 saturated heterocycles. The van der Waals surface area contributed by atoms with E-state index in [1.54, 1.807) is 55.4 Å². The SMILES string of the molecule is CCCN(CCC)C(=O)C1=Cc2ccc(-c3ccc4c(=O)n(-c5ncccn5)ccc4c3)cc2N=C(N)C1.CCCN(CCC)C(=O)C1=Cc2ccc(-c3ccc4c(=O)n(-c5ncccn5)ncc4c3)cc2N=C(N)C1. The highest BCUT2D eigenvalue weighted by atomic mass is 16.2. The zero-order valence-electron chi connectivity index (χ0n) is 43.1. The molecule has 0 atom stereocenters. The summed E-state index contributed by atoms with van der Waals surface area (Å²) in [6.45, 7) is 11.2. The predicted molar refractivity (Wildman–Crippen MR) is 301 cm³/mol. The number of fused-ring (bicyclic) bond motifs is 4. The Labute approximate surface area is 439 Å². The van der Waals surface area contributed by atoms with Gasteiger partial charge < -0.3 is 21.3 Å². The Morgan fingerprint density at radius 1 is 0.539 bits per heavy atom. The van der Waals surface area contributed by atoms with Gasteiger partial charge in [0.15, 0.2) is 0 Å². The van der Waals surface area contributed by atoms with Gasteiger partial charge in [-0.05, 0) is 120 Å². The molecule has 4 aromatic carbocycles. The first-order chi connectivity index (χ1) is 37.0. The maximum atomic E-state index is 13.3. The zero-order valence-corrected chi connectivity index (χ0v) is 43.1. The number of aromatic nitrogens is 7. The average molecular weight is 1010 g/mol. The molecule has 0 spiro atoms. The summed E-state index contributed by atoms with van der Waals surface area (Å²) >= 11 is 0. The van der Waals surface area contributed by atoms with Crippen LogP contribution in [0.2, 0.25) is 0 Å². The Morgan fingerprint density at radius 2 is 0.974 bits per heavy atom. The van der Waals surface area contributed by atoms with E-state index in [9.17, 15) is 19.2 Å². The Bertz CT molecular complexity index is 3480. The number of carbonyl (C=O) groups excluding carboxylic acids is 2. The van der Waals surface area contributed by atoms with Crippen LogP contribution in [-0.4, -0.2) is 93.7 Å². The molecule has 0 unspecified atom stereocenters. The largest absolute Gasteiger partial charge is 0.387 e. The molecule has 76 heavy (non-hydrogen) atoms. The lowest BCUT2D eigenvalue weighted by Gasteiger charge is -2.22. The van der Waals surface area contributed by atoms with Gasteiger partial charge >= 0.3 is 0 Å². The van der Waals surface area contributed by atoms with Gasteiger partial charge in [-0.25, -0.2) is 29.9 Å². The molecule has 17 nitrogen and oxygen atoms in total. The molecule has 17 heteroatoms. The first kappa shape index (κ1) is 51.6. The van der Waals surface area contributed by atoms with Gasteiger partial charge in [0.1, 0.15) is 11.7 Å². The van der Waals surface area contributed by atoms with Crippen LogP contribution >= 0.6 is 0 Å². The number of amides is 2.